The second-order valence-electron chi connectivity index (χ2n) is 7.44. The third kappa shape index (κ3) is 3.28. The Kier molecular flexibility index (Phi) is 5.42. The van der Waals surface area contributed by atoms with Gasteiger partial charge in [0, 0.05) is 37.8 Å². The van der Waals surface area contributed by atoms with E-state index in [1.165, 1.54) is 4.31 Å². The van der Waals surface area contributed by atoms with E-state index in [1.54, 1.807) is 18.2 Å². The topological polar surface area (TPSA) is 83.7 Å². The van der Waals surface area contributed by atoms with Gasteiger partial charge in [-0.05, 0) is 49.3 Å². The fraction of sp³-hybridized carbons (Fsp3) is 0.632. The fourth-order valence-electron chi connectivity index (χ4n) is 4.35. The number of benzene rings is 1. The lowest BCUT2D eigenvalue weighted by Crippen LogP contribution is -2.34. The van der Waals surface area contributed by atoms with Gasteiger partial charge in [-0.25, -0.2) is 8.42 Å². The largest absolute Gasteiger partial charge is 0.338 e. The smallest absolute Gasteiger partial charge is 0.254 e. The van der Waals surface area contributed by atoms with E-state index in [-0.39, 0.29) is 16.8 Å². The molecule has 1 aliphatic heterocycles. The van der Waals surface area contributed by atoms with Crippen LogP contribution in [0.1, 0.15) is 42.6 Å². The molecule has 1 saturated heterocycles. The van der Waals surface area contributed by atoms with Crippen LogP contribution in [-0.2, 0) is 10.0 Å². The number of sulfonamides is 1. The number of hydrogen-bond acceptors (Lipinski definition) is 4. The van der Waals surface area contributed by atoms with Crippen LogP contribution in [0.15, 0.2) is 23.1 Å². The average molecular weight is 380 g/mol. The molecule has 7 heteroatoms. The number of hydrogen-bond donors (Lipinski definition) is 1. The normalized spacial score (nSPS) is 25.7. The lowest BCUT2D eigenvalue weighted by molar-refractivity contribution is 0.0778. The Labute approximate surface area is 156 Å². The highest BCUT2D eigenvalue weighted by Crippen LogP contribution is 2.37. The maximum absolute atomic E-state index is 13.1. The average Bonchev–Trinajstić information content (AvgIpc) is 3.18. The summed E-state index contributed by atoms with van der Waals surface area (Å²) >= 11 is 0. The van der Waals surface area contributed by atoms with E-state index >= 15 is 0 Å². The molecule has 1 aliphatic carbocycles. The molecule has 0 spiro atoms. The third-order valence-corrected chi connectivity index (χ3v) is 8.03. The van der Waals surface area contributed by atoms with Gasteiger partial charge in [0.15, 0.2) is 0 Å². The standard InChI is InChI=1S/C19H29N3O3S/c1-4-22(5-2)26(24,25)15-8-6-13(3)16(10-15)19(23)21-11-14-7-9-18(20)17(14)12-21/h6,8,10,14,17-18H,4-5,7,9,11-12,20H2,1-3H3. The Balaban J connectivity index is 1.88. The molecule has 2 aliphatic rings. The molecule has 2 N–H and O–H groups in total. The maximum Gasteiger partial charge on any atom is 0.254 e. The lowest BCUT2D eigenvalue weighted by Gasteiger charge is -2.22. The zero-order chi connectivity index (χ0) is 19.1. The minimum Gasteiger partial charge on any atom is -0.338 e. The van der Waals surface area contributed by atoms with E-state index in [2.05, 4.69) is 0 Å². The number of carbonyl (C=O) groups is 1. The quantitative estimate of drug-likeness (QED) is 0.846. The van der Waals surface area contributed by atoms with Crippen molar-refractivity contribution in [1.29, 1.82) is 0 Å². The van der Waals surface area contributed by atoms with Crippen LogP contribution < -0.4 is 5.73 Å². The van der Waals surface area contributed by atoms with E-state index < -0.39 is 10.0 Å². The number of nitrogens with zero attached hydrogens (tertiary/aromatic N) is 2. The molecule has 3 rings (SSSR count). The number of aryl methyl sites for hydroxylation is 1. The molecule has 1 aromatic carbocycles. The predicted octanol–water partition coefficient (Wildman–Crippen LogP) is 1.83. The highest BCUT2D eigenvalue weighted by Gasteiger charge is 2.42. The zero-order valence-electron chi connectivity index (χ0n) is 15.8. The molecule has 1 aromatic rings. The third-order valence-electron chi connectivity index (χ3n) is 5.98. The van der Waals surface area contributed by atoms with Crippen LogP contribution in [0.5, 0.6) is 0 Å². The first-order valence-corrected chi connectivity index (χ1v) is 10.9. The number of rotatable bonds is 5. The van der Waals surface area contributed by atoms with Crippen LogP contribution in [0, 0.1) is 18.8 Å². The van der Waals surface area contributed by atoms with Gasteiger partial charge in [-0.15, -0.1) is 0 Å². The number of amides is 1. The first-order chi connectivity index (χ1) is 12.3. The summed E-state index contributed by atoms with van der Waals surface area (Å²) in [5.74, 6) is 0.777. The van der Waals surface area contributed by atoms with Crippen LogP contribution in [0.25, 0.3) is 0 Å². The van der Waals surface area contributed by atoms with Crippen molar-refractivity contribution in [3.63, 3.8) is 0 Å². The summed E-state index contributed by atoms with van der Waals surface area (Å²) in [4.78, 5) is 15.1. The van der Waals surface area contributed by atoms with E-state index in [4.69, 9.17) is 5.73 Å². The van der Waals surface area contributed by atoms with Gasteiger partial charge >= 0.3 is 0 Å². The van der Waals surface area contributed by atoms with Crippen molar-refractivity contribution in [2.45, 2.75) is 44.6 Å². The maximum atomic E-state index is 13.1. The minimum absolute atomic E-state index is 0.0827. The predicted molar refractivity (Wildman–Crippen MR) is 101 cm³/mol. The van der Waals surface area contributed by atoms with Gasteiger partial charge in [0.05, 0.1) is 4.90 Å². The van der Waals surface area contributed by atoms with Crippen LogP contribution in [-0.4, -0.2) is 55.8 Å². The van der Waals surface area contributed by atoms with Gasteiger partial charge in [0.1, 0.15) is 0 Å². The first kappa shape index (κ1) is 19.3. The molecule has 2 fully saturated rings. The van der Waals surface area contributed by atoms with Gasteiger partial charge in [-0.2, -0.15) is 4.31 Å². The fourth-order valence-corrected chi connectivity index (χ4v) is 5.83. The Morgan fingerprint density at radius 1 is 1.23 bits per heavy atom. The second kappa shape index (κ2) is 7.29. The Morgan fingerprint density at radius 3 is 2.54 bits per heavy atom. The minimum atomic E-state index is -3.58. The van der Waals surface area contributed by atoms with Crippen molar-refractivity contribution < 1.29 is 13.2 Å². The summed E-state index contributed by atoms with van der Waals surface area (Å²) in [5.41, 5.74) is 7.45. The molecular weight excluding hydrogens is 350 g/mol. The number of fused-ring (bicyclic) bond motifs is 1. The lowest BCUT2D eigenvalue weighted by atomic mass is 9.98. The Bertz CT molecular complexity index is 789. The van der Waals surface area contributed by atoms with Gasteiger partial charge in [-0.3, -0.25) is 4.79 Å². The summed E-state index contributed by atoms with van der Waals surface area (Å²) in [6.07, 6.45) is 2.11. The molecule has 144 valence electrons. The molecule has 1 amide bonds. The highest BCUT2D eigenvalue weighted by atomic mass is 32.2. The van der Waals surface area contributed by atoms with Crippen molar-refractivity contribution in [2.75, 3.05) is 26.2 Å². The molecule has 3 atom stereocenters. The van der Waals surface area contributed by atoms with Gasteiger partial charge < -0.3 is 10.6 Å². The summed E-state index contributed by atoms with van der Waals surface area (Å²) in [5, 5.41) is 0. The van der Waals surface area contributed by atoms with E-state index in [0.717, 1.165) is 24.9 Å². The van der Waals surface area contributed by atoms with Crippen LogP contribution in [0.4, 0.5) is 0 Å². The molecule has 0 aromatic heterocycles. The van der Waals surface area contributed by atoms with Crippen LogP contribution >= 0.6 is 0 Å². The Hall–Kier alpha value is -1.44. The number of carbonyl (C=O) groups excluding carboxylic acids is 1. The van der Waals surface area contributed by atoms with Crippen molar-refractivity contribution in [3.8, 4) is 0 Å². The van der Waals surface area contributed by atoms with E-state index in [9.17, 15) is 13.2 Å². The van der Waals surface area contributed by atoms with Crippen LogP contribution in [0.2, 0.25) is 0 Å². The van der Waals surface area contributed by atoms with Crippen molar-refractivity contribution in [2.24, 2.45) is 17.6 Å². The van der Waals surface area contributed by atoms with Gasteiger partial charge in [0.25, 0.3) is 5.91 Å². The summed E-state index contributed by atoms with van der Waals surface area (Å²) in [6.45, 7) is 7.69. The zero-order valence-corrected chi connectivity index (χ0v) is 16.6. The molecule has 0 radical (unpaired) electrons. The molecule has 1 saturated carbocycles. The van der Waals surface area contributed by atoms with Gasteiger partial charge in [0.2, 0.25) is 10.0 Å². The van der Waals surface area contributed by atoms with Crippen molar-refractivity contribution in [1.82, 2.24) is 9.21 Å². The second-order valence-corrected chi connectivity index (χ2v) is 9.38. The molecule has 1 heterocycles. The van der Waals surface area contributed by atoms with Gasteiger partial charge in [-0.1, -0.05) is 19.9 Å². The van der Waals surface area contributed by atoms with Crippen LogP contribution in [0.3, 0.4) is 0 Å². The first-order valence-electron chi connectivity index (χ1n) is 9.45. The molecular formula is C19H29N3O3S. The van der Waals surface area contributed by atoms with E-state index in [1.807, 2.05) is 25.7 Å². The van der Waals surface area contributed by atoms with Crippen molar-refractivity contribution in [3.05, 3.63) is 29.3 Å². The SMILES string of the molecule is CCN(CC)S(=O)(=O)c1ccc(C)c(C(=O)N2CC3CCC(N)C3C2)c1. The van der Waals surface area contributed by atoms with Crippen molar-refractivity contribution >= 4 is 15.9 Å². The molecule has 26 heavy (non-hydrogen) atoms. The highest BCUT2D eigenvalue weighted by molar-refractivity contribution is 7.89. The molecule has 0 bridgehead atoms. The van der Waals surface area contributed by atoms with E-state index in [0.29, 0.717) is 37.0 Å². The monoisotopic (exact) mass is 379 g/mol. The Morgan fingerprint density at radius 2 is 1.92 bits per heavy atom. The summed E-state index contributed by atoms with van der Waals surface area (Å²) in [6, 6.07) is 5.04. The summed E-state index contributed by atoms with van der Waals surface area (Å²) < 4.78 is 27.0. The molecule has 6 nitrogen and oxygen atoms in total. The number of nitrogens with two attached hydrogens (primary N) is 1. The number of likely N-dealkylation sites (tertiary alicyclic amines) is 1. The molecule has 3 unspecified atom stereocenters. The summed E-state index contributed by atoms with van der Waals surface area (Å²) in [7, 11) is -3.58.